The standard InChI is InChI=1S/C20H27ClN4O.HI/c1-22-20(24-13-10-18-8-9-19(21)25-16-18)23-12-5-14-26-15-11-17-6-3-2-4-7-17;/h2-4,6-9,16H,5,10-15H2,1H3,(H2,22,23,24);1H. The van der Waals surface area contributed by atoms with Gasteiger partial charge in [-0.2, -0.15) is 0 Å². The van der Waals surface area contributed by atoms with Crippen molar-refractivity contribution in [3.05, 3.63) is 64.9 Å². The molecule has 0 unspecified atom stereocenters. The van der Waals surface area contributed by atoms with E-state index in [0.717, 1.165) is 57.1 Å². The lowest BCUT2D eigenvalue weighted by atomic mass is 10.2. The molecule has 1 aromatic heterocycles. The van der Waals surface area contributed by atoms with Crippen LogP contribution < -0.4 is 10.6 Å². The lowest BCUT2D eigenvalue weighted by Gasteiger charge is -2.12. The highest BCUT2D eigenvalue weighted by atomic mass is 127. The van der Waals surface area contributed by atoms with Gasteiger partial charge in [-0.1, -0.05) is 48.0 Å². The molecule has 1 heterocycles. The maximum Gasteiger partial charge on any atom is 0.190 e. The van der Waals surface area contributed by atoms with Gasteiger partial charge in [0.15, 0.2) is 5.96 Å². The van der Waals surface area contributed by atoms with Gasteiger partial charge in [-0.05, 0) is 36.5 Å². The minimum Gasteiger partial charge on any atom is -0.381 e. The molecule has 0 saturated carbocycles. The normalized spacial score (nSPS) is 11.0. The van der Waals surface area contributed by atoms with E-state index < -0.39 is 0 Å². The summed E-state index contributed by atoms with van der Waals surface area (Å²) in [5, 5.41) is 7.11. The monoisotopic (exact) mass is 502 g/mol. The van der Waals surface area contributed by atoms with Gasteiger partial charge in [0.1, 0.15) is 5.15 Å². The third-order valence-electron chi connectivity index (χ3n) is 3.85. The number of hydrogen-bond donors (Lipinski definition) is 2. The fraction of sp³-hybridized carbons (Fsp3) is 0.400. The third kappa shape index (κ3) is 10.5. The molecular weight excluding hydrogens is 475 g/mol. The first-order valence-corrected chi connectivity index (χ1v) is 9.32. The number of halogens is 2. The van der Waals surface area contributed by atoms with E-state index in [0.29, 0.717) is 5.15 Å². The Bertz CT molecular complexity index is 653. The van der Waals surface area contributed by atoms with Crippen LogP contribution in [0, 0.1) is 0 Å². The van der Waals surface area contributed by atoms with Crippen LogP contribution in [0.25, 0.3) is 0 Å². The summed E-state index contributed by atoms with van der Waals surface area (Å²) >= 11 is 5.79. The van der Waals surface area contributed by atoms with Gasteiger partial charge in [0.2, 0.25) is 0 Å². The van der Waals surface area contributed by atoms with Gasteiger partial charge < -0.3 is 15.4 Å². The zero-order valence-electron chi connectivity index (χ0n) is 15.7. The summed E-state index contributed by atoms with van der Waals surface area (Å²) in [6, 6.07) is 14.2. The molecule has 27 heavy (non-hydrogen) atoms. The van der Waals surface area contributed by atoms with Gasteiger partial charge in [0, 0.05) is 32.9 Å². The summed E-state index contributed by atoms with van der Waals surface area (Å²) in [4.78, 5) is 8.30. The average Bonchev–Trinajstić information content (AvgIpc) is 2.68. The van der Waals surface area contributed by atoms with Crippen molar-refractivity contribution in [2.75, 3.05) is 33.4 Å². The topological polar surface area (TPSA) is 58.5 Å². The summed E-state index contributed by atoms with van der Waals surface area (Å²) in [6.07, 6.45) is 4.56. The molecular formula is C20H28ClIN4O. The molecule has 2 aromatic rings. The molecule has 1 aromatic carbocycles. The van der Waals surface area contributed by atoms with E-state index in [9.17, 15) is 0 Å². The van der Waals surface area contributed by atoms with Crippen molar-refractivity contribution in [3.63, 3.8) is 0 Å². The van der Waals surface area contributed by atoms with Crippen LogP contribution in [-0.4, -0.2) is 44.3 Å². The first-order chi connectivity index (χ1) is 12.8. The van der Waals surface area contributed by atoms with Crippen LogP contribution in [0.1, 0.15) is 17.5 Å². The van der Waals surface area contributed by atoms with Crippen LogP contribution in [0.2, 0.25) is 5.15 Å². The van der Waals surface area contributed by atoms with Crippen molar-refractivity contribution in [1.29, 1.82) is 0 Å². The first-order valence-electron chi connectivity index (χ1n) is 8.94. The SMILES string of the molecule is CN=C(NCCCOCCc1ccccc1)NCCc1ccc(Cl)nc1.I. The Hall–Kier alpha value is -1.38. The van der Waals surface area contributed by atoms with Gasteiger partial charge in [0.25, 0.3) is 0 Å². The highest BCUT2D eigenvalue weighted by Crippen LogP contribution is 2.05. The number of hydrogen-bond acceptors (Lipinski definition) is 3. The number of pyridine rings is 1. The maximum atomic E-state index is 5.79. The molecule has 148 valence electrons. The molecule has 7 heteroatoms. The molecule has 0 atom stereocenters. The molecule has 5 nitrogen and oxygen atoms in total. The van der Waals surface area contributed by atoms with E-state index in [1.807, 2.05) is 18.2 Å². The van der Waals surface area contributed by atoms with Crippen molar-refractivity contribution in [2.45, 2.75) is 19.3 Å². The Morgan fingerprint density at radius 3 is 2.48 bits per heavy atom. The fourth-order valence-corrected chi connectivity index (χ4v) is 2.53. The molecule has 2 rings (SSSR count). The molecule has 0 aliphatic carbocycles. The quantitative estimate of drug-likeness (QED) is 0.171. The Balaban J connectivity index is 0.00000364. The van der Waals surface area contributed by atoms with Crippen LogP contribution in [0.15, 0.2) is 53.7 Å². The predicted octanol–water partition coefficient (Wildman–Crippen LogP) is 3.71. The summed E-state index contributed by atoms with van der Waals surface area (Å²) < 4.78 is 5.68. The predicted molar refractivity (Wildman–Crippen MR) is 123 cm³/mol. The Kier molecular flexibility index (Phi) is 12.8. The Morgan fingerprint density at radius 1 is 1.00 bits per heavy atom. The van der Waals surface area contributed by atoms with Crippen molar-refractivity contribution in [1.82, 2.24) is 15.6 Å². The van der Waals surface area contributed by atoms with Gasteiger partial charge in [-0.25, -0.2) is 4.98 Å². The number of ether oxygens (including phenoxy) is 1. The number of nitrogens with zero attached hydrogens (tertiary/aromatic N) is 2. The highest BCUT2D eigenvalue weighted by Gasteiger charge is 1.99. The number of guanidine groups is 1. The molecule has 2 N–H and O–H groups in total. The van der Waals surface area contributed by atoms with Gasteiger partial charge in [0.05, 0.1) is 6.61 Å². The largest absolute Gasteiger partial charge is 0.381 e. The molecule has 0 aliphatic heterocycles. The number of aliphatic imine (C=N–C) groups is 1. The number of benzene rings is 1. The van der Waals surface area contributed by atoms with E-state index in [1.54, 1.807) is 13.2 Å². The van der Waals surface area contributed by atoms with E-state index >= 15 is 0 Å². The molecule has 0 aliphatic rings. The van der Waals surface area contributed by atoms with Crippen LogP contribution >= 0.6 is 35.6 Å². The molecule has 0 radical (unpaired) electrons. The molecule has 0 spiro atoms. The second-order valence-corrected chi connectivity index (χ2v) is 6.25. The maximum absolute atomic E-state index is 5.79. The molecule has 0 amide bonds. The summed E-state index contributed by atoms with van der Waals surface area (Å²) in [5.74, 6) is 0.802. The first kappa shape index (κ1) is 23.7. The molecule has 0 fully saturated rings. The minimum absolute atomic E-state index is 0. The van der Waals surface area contributed by atoms with Crippen LogP contribution in [0.3, 0.4) is 0 Å². The zero-order valence-corrected chi connectivity index (χ0v) is 18.7. The van der Waals surface area contributed by atoms with Gasteiger partial charge in [-0.3, -0.25) is 4.99 Å². The highest BCUT2D eigenvalue weighted by molar-refractivity contribution is 14.0. The number of aromatic nitrogens is 1. The number of rotatable bonds is 10. The fourth-order valence-electron chi connectivity index (χ4n) is 2.42. The summed E-state index contributed by atoms with van der Waals surface area (Å²) in [6.45, 7) is 3.11. The van der Waals surface area contributed by atoms with Crippen molar-refractivity contribution < 1.29 is 4.74 Å². The number of nitrogens with one attached hydrogen (secondary N) is 2. The minimum atomic E-state index is 0. The molecule has 0 bridgehead atoms. The third-order valence-corrected chi connectivity index (χ3v) is 4.08. The summed E-state index contributed by atoms with van der Waals surface area (Å²) in [5.41, 5.74) is 2.45. The van der Waals surface area contributed by atoms with Crippen LogP contribution in [0.5, 0.6) is 0 Å². The van der Waals surface area contributed by atoms with Crippen LogP contribution in [0.4, 0.5) is 0 Å². The van der Waals surface area contributed by atoms with E-state index in [-0.39, 0.29) is 24.0 Å². The van der Waals surface area contributed by atoms with Crippen molar-refractivity contribution in [3.8, 4) is 0 Å². The zero-order chi connectivity index (χ0) is 18.5. The van der Waals surface area contributed by atoms with Gasteiger partial charge >= 0.3 is 0 Å². The Labute approximate surface area is 184 Å². The van der Waals surface area contributed by atoms with Crippen LogP contribution in [-0.2, 0) is 17.6 Å². The lowest BCUT2D eigenvalue weighted by Crippen LogP contribution is -2.39. The average molecular weight is 503 g/mol. The van der Waals surface area contributed by atoms with E-state index in [2.05, 4.69) is 44.9 Å². The lowest BCUT2D eigenvalue weighted by molar-refractivity contribution is 0.135. The van der Waals surface area contributed by atoms with E-state index in [1.165, 1.54) is 5.56 Å². The second-order valence-electron chi connectivity index (χ2n) is 5.87. The molecule has 0 saturated heterocycles. The second kappa shape index (κ2) is 14.6. The Morgan fingerprint density at radius 2 is 1.78 bits per heavy atom. The summed E-state index contributed by atoms with van der Waals surface area (Å²) in [7, 11) is 1.77. The van der Waals surface area contributed by atoms with Crippen molar-refractivity contribution >= 4 is 41.5 Å². The van der Waals surface area contributed by atoms with E-state index in [4.69, 9.17) is 16.3 Å². The smallest absolute Gasteiger partial charge is 0.190 e. The van der Waals surface area contributed by atoms with Crippen molar-refractivity contribution in [2.24, 2.45) is 4.99 Å². The van der Waals surface area contributed by atoms with Gasteiger partial charge in [-0.15, -0.1) is 24.0 Å².